The van der Waals surface area contributed by atoms with E-state index in [1.54, 1.807) is 0 Å². The molecule has 0 unspecified atom stereocenters. The zero-order valence-electron chi connectivity index (χ0n) is 10.4. The molecular formula is C7H7BrO. The number of rotatable bonds is 1. The molecule has 2 heteroatoms. The lowest BCUT2D eigenvalue weighted by atomic mass is 10.3. The molecule has 0 bridgehead atoms. The summed E-state index contributed by atoms with van der Waals surface area (Å²) in [6.07, 6.45) is 0. The molecule has 1 aromatic rings. The molecule has 0 aliphatic heterocycles. The summed E-state index contributed by atoms with van der Waals surface area (Å²) in [6, 6.07) is -1.40. The van der Waals surface area contributed by atoms with Crippen LogP contribution >= 0.6 is 15.9 Å². The lowest BCUT2D eigenvalue weighted by molar-refractivity contribution is 0.414. The number of ether oxygens (including phenoxy) is 1. The Morgan fingerprint density at radius 2 is 2.67 bits per heavy atom. The van der Waals surface area contributed by atoms with Gasteiger partial charge in [-0.3, -0.25) is 0 Å². The van der Waals surface area contributed by atoms with Gasteiger partial charge in [-0.25, -0.2) is 0 Å². The minimum Gasteiger partial charge on any atom is -0.497 e. The molecular weight excluding hydrogens is 180 g/mol. The molecule has 1 nitrogen and oxygen atoms in total. The van der Waals surface area contributed by atoms with Crippen LogP contribution in [-0.4, -0.2) is 7.06 Å². The molecule has 0 fully saturated rings. The van der Waals surface area contributed by atoms with Crippen LogP contribution in [0.2, 0.25) is 0 Å². The average Bonchev–Trinajstić information content (AvgIpc) is 2.18. The predicted molar refractivity (Wildman–Crippen MR) is 40.7 cm³/mol. The second kappa shape index (κ2) is 2.87. The van der Waals surface area contributed by atoms with Gasteiger partial charge in [0.1, 0.15) is 5.75 Å². The minimum absolute atomic E-state index is 0.0270. The second-order valence-electron chi connectivity index (χ2n) is 1.26. The van der Waals surface area contributed by atoms with Gasteiger partial charge in [0, 0.05) is 4.47 Å². The first kappa shape index (κ1) is 2.27. The van der Waals surface area contributed by atoms with E-state index in [1.807, 2.05) is 0 Å². The summed E-state index contributed by atoms with van der Waals surface area (Å²) in [6.45, 7) is 0. The first-order valence-electron chi connectivity index (χ1n) is 5.28. The van der Waals surface area contributed by atoms with Crippen LogP contribution in [-0.2, 0) is 0 Å². The molecule has 0 atom stereocenters. The predicted octanol–water partition coefficient (Wildman–Crippen LogP) is 2.46. The topological polar surface area (TPSA) is 9.23 Å². The van der Waals surface area contributed by atoms with Crippen molar-refractivity contribution in [1.29, 1.82) is 0 Å². The largest absolute Gasteiger partial charge is 0.497 e. The van der Waals surface area contributed by atoms with Crippen LogP contribution in [0.3, 0.4) is 0 Å². The molecule has 0 N–H and O–H groups in total. The van der Waals surface area contributed by atoms with Gasteiger partial charge in [0.25, 0.3) is 0 Å². The quantitative estimate of drug-likeness (QED) is 0.665. The Morgan fingerprint density at radius 3 is 3.44 bits per heavy atom. The first-order valence-corrected chi connectivity index (χ1v) is 2.92. The number of halogens is 1. The highest BCUT2D eigenvalue weighted by Gasteiger charge is 1.88. The zero-order valence-corrected chi connectivity index (χ0v) is 5.95. The average molecular weight is 193 g/mol. The Morgan fingerprint density at radius 1 is 1.78 bits per heavy atom. The van der Waals surface area contributed by atoms with Crippen molar-refractivity contribution in [2.24, 2.45) is 0 Å². The summed E-state index contributed by atoms with van der Waals surface area (Å²) < 4.78 is 48.0. The summed E-state index contributed by atoms with van der Waals surface area (Å²) in [5.74, 6) is -0.321. The van der Waals surface area contributed by atoms with E-state index >= 15 is 0 Å². The number of methoxy groups -OCH3 is 1. The maximum absolute atomic E-state index is 7.51. The van der Waals surface area contributed by atoms with Crippen LogP contribution in [0.15, 0.2) is 28.6 Å². The van der Waals surface area contributed by atoms with E-state index in [1.165, 1.54) is 0 Å². The molecule has 0 saturated carbocycles. The molecule has 0 saturated heterocycles. The van der Waals surface area contributed by atoms with Crippen molar-refractivity contribution in [3.63, 3.8) is 0 Å². The molecule has 0 radical (unpaired) electrons. The van der Waals surface area contributed by atoms with Gasteiger partial charge in [-0.05, 0) is 18.1 Å². The molecule has 48 valence electrons. The SMILES string of the molecule is [2H]c1c([2H])c(Br)c([2H])c(OC([2H])[2H])c1[2H]. The summed E-state index contributed by atoms with van der Waals surface area (Å²) in [4.78, 5) is 0. The Hall–Kier alpha value is -0.500. The molecule has 0 aliphatic carbocycles. The third kappa shape index (κ3) is 1.72. The van der Waals surface area contributed by atoms with Crippen molar-refractivity contribution in [3.8, 4) is 5.75 Å². The van der Waals surface area contributed by atoms with Gasteiger partial charge in [0.2, 0.25) is 0 Å². The van der Waals surface area contributed by atoms with E-state index in [9.17, 15) is 0 Å². The smallest absolute Gasteiger partial charge is 0.119 e. The molecule has 0 heterocycles. The summed E-state index contributed by atoms with van der Waals surface area (Å²) >= 11 is 2.92. The normalized spacial score (nSPS) is 18.9. The van der Waals surface area contributed by atoms with Gasteiger partial charge in [-0.15, -0.1) is 0 Å². The van der Waals surface area contributed by atoms with Crippen LogP contribution in [0.25, 0.3) is 0 Å². The van der Waals surface area contributed by atoms with Crippen LogP contribution in [0.1, 0.15) is 8.22 Å². The van der Waals surface area contributed by atoms with Gasteiger partial charge in [0.15, 0.2) is 0 Å². The molecule has 0 spiro atoms. The van der Waals surface area contributed by atoms with E-state index in [4.69, 9.17) is 8.22 Å². The van der Waals surface area contributed by atoms with Crippen molar-refractivity contribution in [3.05, 3.63) is 28.6 Å². The summed E-state index contributed by atoms with van der Waals surface area (Å²) in [5, 5.41) is 0. The minimum atomic E-state index is -1.67. The molecule has 9 heavy (non-hydrogen) atoms. The molecule has 0 aromatic heterocycles. The van der Waals surface area contributed by atoms with Gasteiger partial charge in [-0.1, -0.05) is 22.0 Å². The van der Waals surface area contributed by atoms with E-state index in [2.05, 4.69) is 20.7 Å². The Balaban J connectivity index is 3.39. The molecule has 0 aliphatic rings. The van der Waals surface area contributed by atoms with E-state index in [0.717, 1.165) is 0 Å². The highest BCUT2D eigenvalue weighted by molar-refractivity contribution is 9.10. The highest BCUT2D eigenvalue weighted by atomic mass is 79.9. The summed E-state index contributed by atoms with van der Waals surface area (Å²) in [5.41, 5.74) is 0. The number of hydrogen-bond donors (Lipinski definition) is 0. The lowest BCUT2D eigenvalue weighted by Gasteiger charge is -1.96. The van der Waals surface area contributed by atoms with Gasteiger partial charge in [0.05, 0.1) is 15.3 Å². The van der Waals surface area contributed by atoms with Crippen LogP contribution < -0.4 is 4.74 Å². The zero-order chi connectivity index (χ0) is 11.7. The van der Waals surface area contributed by atoms with Gasteiger partial charge in [-0.2, -0.15) is 0 Å². The fourth-order valence-electron chi connectivity index (χ4n) is 0.364. The van der Waals surface area contributed by atoms with Gasteiger partial charge < -0.3 is 4.74 Å². The van der Waals surface area contributed by atoms with Crippen LogP contribution in [0.4, 0.5) is 0 Å². The van der Waals surface area contributed by atoms with E-state index in [-0.39, 0.29) is 22.3 Å². The van der Waals surface area contributed by atoms with Crippen LogP contribution in [0, 0.1) is 0 Å². The highest BCUT2D eigenvalue weighted by Crippen LogP contribution is 2.16. The third-order valence-corrected chi connectivity index (χ3v) is 1.09. The fraction of sp³-hybridized carbons (Fsp3) is 0.143. The summed E-state index contributed by atoms with van der Waals surface area (Å²) in [7, 11) is -1.67. The monoisotopic (exact) mass is 192 g/mol. The Labute approximate surface area is 71.2 Å². The van der Waals surface area contributed by atoms with E-state index < -0.39 is 19.1 Å². The van der Waals surface area contributed by atoms with Crippen molar-refractivity contribution < 1.29 is 13.0 Å². The Kier molecular flexibility index (Phi) is 0.726. The molecule has 0 amide bonds. The van der Waals surface area contributed by atoms with Crippen LogP contribution in [0.5, 0.6) is 5.75 Å². The molecule has 1 rings (SSSR count). The van der Waals surface area contributed by atoms with Crippen molar-refractivity contribution in [2.75, 3.05) is 7.06 Å². The van der Waals surface area contributed by atoms with Crippen molar-refractivity contribution in [2.45, 2.75) is 0 Å². The van der Waals surface area contributed by atoms with Crippen molar-refractivity contribution >= 4 is 15.9 Å². The number of benzene rings is 1. The maximum Gasteiger partial charge on any atom is 0.119 e. The first-order chi connectivity index (χ1) is 6.86. The standard InChI is InChI=1S/C7H7BrO/c1-9-7-4-2-3-6(8)5-7/h2-5H,1H3/i1D2,2D,3D,4D,5D. The van der Waals surface area contributed by atoms with E-state index in [0.29, 0.717) is 0 Å². The van der Waals surface area contributed by atoms with Crippen molar-refractivity contribution in [1.82, 2.24) is 0 Å². The Bertz CT molecular complexity index is 365. The third-order valence-electron chi connectivity index (χ3n) is 0.689. The maximum atomic E-state index is 7.51. The lowest BCUT2D eigenvalue weighted by Crippen LogP contribution is -1.79. The fourth-order valence-corrected chi connectivity index (χ4v) is 0.643. The number of hydrogen-bond acceptors (Lipinski definition) is 1. The second-order valence-corrected chi connectivity index (χ2v) is 2.05. The molecule has 1 aromatic carbocycles. The van der Waals surface area contributed by atoms with Gasteiger partial charge >= 0.3 is 0 Å².